The van der Waals surface area contributed by atoms with Crippen LogP contribution < -0.4 is 10.6 Å². The van der Waals surface area contributed by atoms with E-state index in [0.717, 1.165) is 23.0 Å². The molecule has 0 aliphatic heterocycles. The van der Waals surface area contributed by atoms with E-state index < -0.39 is 0 Å². The Morgan fingerprint density at radius 3 is 3.00 bits per heavy atom. The third-order valence-electron chi connectivity index (χ3n) is 1.95. The first kappa shape index (κ1) is 13.1. The van der Waals surface area contributed by atoms with Crippen LogP contribution in [-0.2, 0) is 11.3 Å². The van der Waals surface area contributed by atoms with Gasteiger partial charge in [-0.25, -0.2) is 0 Å². The number of halogens is 1. The third-order valence-corrected chi connectivity index (χ3v) is 2.38. The lowest BCUT2D eigenvalue weighted by molar-refractivity contribution is -0.120. The fraction of sp³-hybridized carbons (Fsp3) is 0.455. The number of rotatable bonds is 6. The summed E-state index contributed by atoms with van der Waals surface area (Å²) in [5.41, 5.74) is 1.05. The maximum absolute atomic E-state index is 11.3. The van der Waals surface area contributed by atoms with Crippen LogP contribution in [0.5, 0.6) is 0 Å². The molecule has 0 radical (unpaired) electrons. The van der Waals surface area contributed by atoms with Gasteiger partial charge >= 0.3 is 0 Å². The minimum atomic E-state index is 0.0322. The van der Waals surface area contributed by atoms with E-state index in [0.29, 0.717) is 13.1 Å². The first-order valence-electron chi connectivity index (χ1n) is 5.29. The van der Waals surface area contributed by atoms with Crippen molar-refractivity contribution in [3.63, 3.8) is 0 Å². The summed E-state index contributed by atoms with van der Waals surface area (Å²) >= 11 is 3.35. The Morgan fingerprint density at radius 2 is 2.31 bits per heavy atom. The molecule has 88 valence electrons. The monoisotopic (exact) mass is 285 g/mol. The van der Waals surface area contributed by atoms with Crippen LogP contribution in [0.4, 0.5) is 0 Å². The van der Waals surface area contributed by atoms with Crippen LogP contribution in [0.3, 0.4) is 0 Å². The minimum Gasteiger partial charge on any atom is -0.355 e. The molecule has 0 bridgehead atoms. The van der Waals surface area contributed by atoms with Gasteiger partial charge in [0.05, 0.1) is 6.54 Å². The fourth-order valence-electron chi connectivity index (χ4n) is 1.20. The maximum atomic E-state index is 11.3. The Bertz CT molecular complexity index is 344. The normalized spacial score (nSPS) is 10.1. The van der Waals surface area contributed by atoms with Crippen molar-refractivity contribution in [1.82, 2.24) is 15.6 Å². The zero-order valence-corrected chi connectivity index (χ0v) is 10.9. The molecular formula is C11H16BrN3O. The lowest BCUT2D eigenvalue weighted by Crippen LogP contribution is -2.33. The topological polar surface area (TPSA) is 54.0 Å². The Hall–Kier alpha value is -0.940. The Kier molecular flexibility index (Phi) is 6.03. The molecule has 0 aliphatic carbocycles. The fourth-order valence-corrected chi connectivity index (χ4v) is 1.61. The van der Waals surface area contributed by atoms with Crippen LogP contribution in [0.2, 0.25) is 0 Å². The summed E-state index contributed by atoms with van der Waals surface area (Å²) in [6.07, 6.45) is 4.47. The highest BCUT2D eigenvalue weighted by Crippen LogP contribution is 2.08. The number of nitrogens with zero attached hydrogens (tertiary/aromatic N) is 1. The molecular weight excluding hydrogens is 270 g/mol. The Balaban J connectivity index is 2.22. The van der Waals surface area contributed by atoms with E-state index in [2.05, 4.69) is 31.5 Å². The van der Waals surface area contributed by atoms with Crippen molar-refractivity contribution in [2.24, 2.45) is 0 Å². The van der Waals surface area contributed by atoms with Gasteiger partial charge in [0.2, 0.25) is 5.91 Å². The minimum absolute atomic E-state index is 0.0322. The first-order valence-corrected chi connectivity index (χ1v) is 6.08. The summed E-state index contributed by atoms with van der Waals surface area (Å²) in [5.74, 6) is 0.0322. The number of hydrogen-bond donors (Lipinski definition) is 2. The molecule has 0 fully saturated rings. The van der Waals surface area contributed by atoms with Crippen molar-refractivity contribution in [1.29, 1.82) is 0 Å². The van der Waals surface area contributed by atoms with Crippen molar-refractivity contribution < 1.29 is 4.79 Å². The molecule has 1 aromatic heterocycles. The molecule has 1 heterocycles. The zero-order chi connectivity index (χ0) is 11.8. The van der Waals surface area contributed by atoms with Crippen molar-refractivity contribution in [2.45, 2.75) is 19.9 Å². The molecule has 0 unspecified atom stereocenters. The highest BCUT2D eigenvalue weighted by molar-refractivity contribution is 9.10. The summed E-state index contributed by atoms with van der Waals surface area (Å²) in [6.45, 7) is 3.75. The van der Waals surface area contributed by atoms with Gasteiger partial charge < -0.3 is 10.6 Å². The summed E-state index contributed by atoms with van der Waals surface area (Å²) in [7, 11) is 0. The molecule has 0 spiro atoms. The van der Waals surface area contributed by atoms with Gasteiger partial charge in [-0.3, -0.25) is 9.78 Å². The predicted molar refractivity (Wildman–Crippen MR) is 66.9 cm³/mol. The molecule has 2 N–H and O–H groups in total. The molecule has 1 rings (SSSR count). The van der Waals surface area contributed by atoms with Gasteiger partial charge in [-0.15, -0.1) is 0 Å². The zero-order valence-electron chi connectivity index (χ0n) is 9.29. The lowest BCUT2D eigenvalue weighted by atomic mass is 10.3. The van der Waals surface area contributed by atoms with Gasteiger partial charge in [-0.05, 0) is 34.0 Å². The van der Waals surface area contributed by atoms with Crippen LogP contribution in [0.25, 0.3) is 0 Å². The number of nitrogens with one attached hydrogen (secondary N) is 2. The predicted octanol–water partition coefficient (Wildman–Crippen LogP) is 1.46. The van der Waals surface area contributed by atoms with E-state index >= 15 is 0 Å². The number of aromatic nitrogens is 1. The lowest BCUT2D eigenvalue weighted by Gasteiger charge is -2.05. The summed E-state index contributed by atoms with van der Waals surface area (Å²) in [4.78, 5) is 15.3. The van der Waals surface area contributed by atoms with E-state index in [9.17, 15) is 4.79 Å². The molecule has 1 aromatic rings. The number of carbonyl (C=O) groups is 1. The van der Waals surface area contributed by atoms with Crippen LogP contribution in [0.1, 0.15) is 18.9 Å². The van der Waals surface area contributed by atoms with Crippen molar-refractivity contribution in [3.8, 4) is 0 Å². The van der Waals surface area contributed by atoms with Gasteiger partial charge in [0, 0.05) is 30.0 Å². The molecule has 0 aliphatic rings. The number of pyridine rings is 1. The third kappa shape index (κ3) is 5.23. The van der Waals surface area contributed by atoms with E-state index in [1.54, 1.807) is 12.4 Å². The summed E-state index contributed by atoms with van der Waals surface area (Å²) in [6, 6.07) is 1.98. The molecule has 1 amide bonds. The van der Waals surface area contributed by atoms with Crippen molar-refractivity contribution >= 4 is 21.8 Å². The standard InChI is InChI=1S/C11H16BrN3O/c1-2-3-15-11(16)8-14-6-9-4-10(12)7-13-5-9/h4-5,7,14H,2-3,6,8H2,1H3,(H,15,16). The average Bonchev–Trinajstić information content (AvgIpc) is 2.26. The van der Waals surface area contributed by atoms with E-state index in [1.807, 2.05) is 13.0 Å². The molecule has 0 aromatic carbocycles. The second-order valence-corrected chi connectivity index (χ2v) is 4.38. The number of hydrogen-bond acceptors (Lipinski definition) is 3. The highest BCUT2D eigenvalue weighted by atomic mass is 79.9. The van der Waals surface area contributed by atoms with Gasteiger partial charge in [-0.2, -0.15) is 0 Å². The second-order valence-electron chi connectivity index (χ2n) is 3.46. The Morgan fingerprint density at radius 1 is 1.50 bits per heavy atom. The molecule has 0 saturated heterocycles. The van der Waals surface area contributed by atoms with Gasteiger partial charge in [-0.1, -0.05) is 6.92 Å². The largest absolute Gasteiger partial charge is 0.355 e. The van der Waals surface area contributed by atoms with Crippen molar-refractivity contribution in [2.75, 3.05) is 13.1 Å². The first-order chi connectivity index (χ1) is 7.72. The van der Waals surface area contributed by atoms with Crippen LogP contribution in [0.15, 0.2) is 22.9 Å². The van der Waals surface area contributed by atoms with Crippen LogP contribution in [-0.4, -0.2) is 24.0 Å². The highest BCUT2D eigenvalue weighted by Gasteiger charge is 1.99. The summed E-state index contributed by atoms with van der Waals surface area (Å²) < 4.78 is 0.947. The van der Waals surface area contributed by atoms with Crippen molar-refractivity contribution in [3.05, 3.63) is 28.5 Å². The smallest absolute Gasteiger partial charge is 0.233 e. The SMILES string of the molecule is CCCNC(=O)CNCc1cncc(Br)c1. The molecule has 4 nitrogen and oxygen atoms in total. The molecule has 16 heavy (non-hydrogen) atoms. The summed E-state index contributed by atoms with van der Waals surface area (Å²) in [5, 5.41) is 5.87. The van der Waals surface area contributed by atoms with E-state index in [-0.39, 0.29) is 5.91 Å². The maximum Gasteiger partial charge on any atom is 0.233 e. The molecule has 5 heteroatoms. The molecule has 0 atom stereocenters. The van der Waals surface area contributed by atoms with E-state index in [4.69, 9.17) is 0 Å². The van der Waals surface area contributed by atoms with Gasteiger partial charge in [0.15, 0.2) is 0 Å². The van der Waals surface area contributed by atoms with Gasteiger partial charge in [0.25, 0.3) is 0 Å². The average molecular weight is 286 g/mol. The quantitative estimate of drug-likeness (QED) is 0.832. The second kappa shape index (κ2) is 7.35. The van der Waals surface area contributed by atoms with Crippen LogP contribution >= 0.6 is 15.9 Å². The Labute approximate surface area is 104 Å². The van der Waals surface area contributed by atoms with Crippen LogP contribution in [0, 0.1) is 0 Å². The van der Waals surface area contributed by atoms with E-state index in [1.165, 1.54) is 0 Å². The molecule has 0 saturated carbocycles. The number of carbonyl (C=O) groups excluding carboxylic acids is 1. The van der Waals surface area contributed by atoms with Gasteiger partial charge in [0.1, 0.15) is 0 Å². The number of amides is 1.